The quantitative estimate of drug-likeness (QED) is 0.0306. The summed E-state index contributed by atoms with van der Waals surface area (Å²) < 4.78 is 136. The topological polar surface area (TPSA) is 159 Å². The lowest BCUT2D eigenvalue weighted by atomic mass is 10.0. The Morgan fingerprint density at radius 1 is 0.539 bits per heavy atom. The molecule has 0 radical (unpaired) electrons. The molecular weight excluding hydrogens is 1020 g/mol. The number of amides is 5. The highest BCUT2D eigenvalue weighted by molar-refractivity contribution is 5.87. The summed E-state index contributed by atoms with van der Waals surface area (Å²) in [4.78, 5) is 63.6. The SMILES string of the molecule is CCCCCCCCCCCCCCN(CCCCCCCCCCCCCC)C(=O)CCCOC1OCC(CNC(=O)CN(F)C(=O)C(F)(F)CCCN(CCCNC(=O)C(F)(F)F)CCCNC(=O)C(F)(F)F)O1. The molecule has 0 spiro atoms. The van der Waals surface area contributed by atoms with Crippen LogP contribution in [0.15, 0.2) is 0 Å². The van der Waals surface area contributed by atoms with Crippen LogP contribution in [0, 0.1) is 0 Å². The zero-order valence-electron chi connectivity index (χ0n) is 45.7. The largest absolute Gasteiger partial charge is 0.471 e. The van der Waals surface area contributed by atoms with Crippen LogP contribution in [0.5, 0.6) is 0 Å². The number of carbonyl (C=O) groups is 5. The Labute approximate surface area is 446 Å². The standard InChI is InChI=1S/C53H93F9N6O8/c1-3-5-7-9-11-13-15-17-19-21-23-25-38-67(39-26-24-22-20-18-16-14-12-10-8-6-4-2)46(70)31-27-40-74-50-75-43-44(76-50)41-65-45(69)42-68(62)49(73)51(54,55)32-28-35-66(36-29-33-63-47(71)52(56,57)58)37-30-34-64-48(72)53(59,60)61/h44,50H,3-43H2,1-2H3,(H,63,71)(H,64,72)(H,65,69). The fourth-order valence-corrected chi connectivity index (χ4v) is 8.66. The molecule has 1 saturated heterocycles. The number of nitrogens with one attached hydrogen (secondary N) is 3. The highest BCUT2D eigenvalue weighted by Gasteiger charge is 2.43. The van der Waals surface area contributed by atoms with Crippen LogP contribution >= 0.6 is 0 Å². The van der Waals surface area contributed by atoms with Crippen molar-refractivity contribution in [3.63, 3.8) is 0 Å². The molecule has 1 rings (SSSR count). The minimum absolute atomic E-state index is 0.0342. The van der Waals surface area contributed by atoms with Crippen LogP contribution in [0.4, 0.5) is 39.6 Å². The Morgan fingerprint density at radius 3 is 1.39 bits per heavy atom. The maximum atomic E-state index is 14.8. The van der Waals surface area contributed by atoms with Gasteiger partial charge in [-0.15, -0.1) is 0 Å². The average Bonchev–Trinajstić information content (AvgIpc) is 3.83. The van der Waals surface area contributed by atoms with Gasteiger partial charge in [0.05, 0.1) is 13.2 Å². The molecule has 0 aromatic carbocycles. The van der Waals surface area contributed by atoms with Crippen molar-refractivity contribution in [2.75, 3.05) is 72.1 Å². The number of rotatable bonds is 48. The van der Waals surface area contributed by atoms with Crippen LogP contribution in [0.25, 0.3) is 0 Å². The lowest BCUT2D eigenvalue weighted by Crippen LogP contribution is -2.45. The van der Waals surface area contributed by atoms with Crippen LogP contribution < -0.4 is 16.0 Å². The molecule has 1 fully saturated rings. The number of ether oxygens (including phenoxy) is 3. The second kappa shape index (κ2) is 42.5. The lowest BCUT2D eigenvalue weighted by Gasteiger charge is -2.24. The average molecular weight is 1110 g/mol. The van der Waals surface area contributed by atoms with Crippen LogP contribution in [0.3, 0.4) is 0 Å². The van der Waals surface area contributed by atoms with Crippen LogP contribution in [-0.4, -0.2) is 147 Å². The predicted molar refractivity (Wildman–Crippen MR) is 272 cm³/mol. The molecule has 1 heterocycles. The first-order chi connectivity index (χ1) is 36.2. The molecule has 0 bridgehead atoms. The Balaban J connectivity index is 2.50. The van der Waals surface area contributed by atoms with E-state index in [2.05, 4.69) is 19.2 Å². The second-order valence-corrected chi connectivity index (χ2v) is 20.0. The van der Waals surface area contributed by atoms with Crippen molar-refractivity contribution in [1.29, 1.82) is 0 Å². The highest BCUT2D eigenvalue weighted by atomic mass is 19.4. The van der Waals surface area contributed by atoms with Crippen LogP contribution in [-0.2, 0) is 38.2 Å². The van der Waals surface area contributed by atoms with Crippen molar-refractivity contribution in [3.05, 3.63) is 0 Å². The van der Waals surface area contributed by atoms with Gasteiger partial charge in [-0.05, 0) is 58.2 Å². The molecule has 5 amide bonds. The first kappa shape index (κ1) is 70.6. The first-order valence-corrected chi connectivity index (χ1v) is 28.4. The molecular formula is C53H93F9N6O8. The molecule has 446 valence electrons. The van der Waals surface area contributed by atoms with Gasteiger partial charge in [0.25, 0.3) is 6.48 Å². The predicted octanol–water partition coefficient (Wildman–Crippen LogP) is 11.4. The van der Waals surface area contributed by atoms with E-state index < -0.39 is 92.1 Å². The Hall–Kier alpha value is -3.44. The highest BCUT2D eigenvalue weighted by Crippen LogP contribution is 2.25. The number of carbonyl (C=O) groups excluding carboxylic acids is 5. The molecule has 1 aliphatic rings. The van der Waals surface area contributed by atoms with Crippen molar-refractivity contribution >= 4 is 29.5 Å². The number of alkyl halides is 8. The van der Waals surface area contributed by atoms with E-state index in [1.807, 2.05) is 4.90 Å². The summed E-state index contributed by atoms with van der Waals surface area (Å²) in [6, 6.07) is 0. The van der Waals surface area contributed by atoms with E-state index in [0.717, 1.165) is 38.8 Å². The molecule has 0 aromatic heterocycles. The summed E-state index contributed by atoms with van der Waals surface area (Å²) >= 11 is 0. The van der Waals surface area contributed by atoms with Gasteiger partial charge < -0.3 is 40.0 Å². The summed E-state index contributed by atoms with van der Waals surface area (Å²) in [6.45, 7) is 1.83. The summed E-state index contributed by atoms with van der Waals surface area (Å²) in [5.74, 6) is -12.1. The molecule has 0 aromatic rings. The van der Waals surface area contributed by atoms with Gasteiger partial charge in [-0.1, -0.05) is 160 Å². The van der Waals surface area contributed by atoms with E-state index in [-0.39, 0.29) is 64.6 Å². The Kier molecular flexibility index (Phi) is 39.5. The zero-order valence-corrected chi connectivity index (χ0v) is 45.7. The molecule has 14 nitrogen and oxygen atoms in total. The van der Waals surface area contributed by atoms with E-state index in [1.54, 1.807) is 10.6 Å². The molecule has 23 heteroatoms. The molecule has 76 heavy (non-hydrogen) atoms. The molecule has 0 saturated carbocycles. The van der Waals surface area contributed by atoms with E-state index in [9.17, 15) is 63.6 Å². The van der Waals surface area contributed by atoms with Crippen LogP contribution in [0.1, 0.15) is 206 Å². The second-order valence-electron chi connectivity index (χ2n) is 20.0. The summed E-state index contributed by atoms with van der Waals surface area (Å²) in [5.41, 5.74) is 0. The fraction of sp³-hybridized carbons (Fsp3) is 0.906. The van der Waals surface area contributed by atoms with Crippen LogP contribution in [0.2, 0.25) is 0 Å². The summed E-state index contributed by atoms with van der Waals surface area (Å²) in [6.07, 6.45) is 17.4. The normalized spacial score (nSPS) is 15.1. The first-order valence-electron chi connectivity index (χ1n) is 28.4. The van der Waals surface area contributed by atoms with Gasteiger partial charge in [-0.25, -0.2) is 0 Å². The zero-order chi connectivity index (χ0) is 56.5. The fourth-order valence-electron chi connectivity index (χ4n) is 8.66. The third kappa shape index (κ3) is 36.6. The van der Waals surface area contributed by atoms with E-state index in [4.69, 9.17) is 14.2 Å². The van der Waals surface area contributed by atoms with Gasteiger partial charge in [-0.3, -0.25) is 24.0 Å². The van der Waals surface area contributed by atoms with Gasteiger partial charge in [0.15, 0.2) is 0 Å². The van der Waals surface area contributed by atoms with E-state index in [1.165, 1.54) is 133 Å². The third-order valence-electron chi connectivity index (χ3n) is 13.1. The smallest absolute Gasteiger partial charge is 0.352 e. The Morgan fingerprint density at radius 2 is 0.961 bits per heavy atom. The monoisotopic (exact) mass is 1110 g/mol. The van der Waals surface area contributed by atoms with Crippen molar-refractivity contribution in [2.24, 2.45) is 0 Å². The van der Waals surface area contributed by atoms with Gasteiger partial charge >= 0.3 is 36.0 Å². The van der Waals surface area contributed by atoms with Crippen molar-refractivity contribution in [2.45, 2.75) is 237 Å². The van der Waals surface area contributed by atoms with E-state index in [0.29, 0.717) is 6.42 Å². The van der Waals surface area contributed by atoms with Crippen molar-refractivity contribution in [1.82, 2.24) is 30.9 Å². The molecule has 3 N–H and O–H groups in total. The maximum Gasteiger partial charge on any atom is 0.471 e. The number of hydrogen-bond acceptors (Lipinski definition) is 9. The van der Waals surface area contributed by atoms with Crippen molar-refractivity contribution in [3.8, 4) is 0 Å². The molecule has 2 atom stereocenters. The minimum Gasteiger partial charge on any atom is -0.352 e. The van der Waals surface area contributed by atoms with Gasteiger partial charge in [-0.2, -0.15) is 40.2 Å². The number of hydrogen-bond donors (Lipinski definition) is 3. The van der Waals surface area contributed by atoms with Gasteiger partial charge in [0.2, 0.25) is 11.8 Å². The minimum atomic E-state index is -5.15. The van der Waals surface area contributed by atoms with Gasteiger partial charge in [0.1, 0.15) is 12.6 Å². The number of unbranched alkanes of at least 4 members (excludes halogenated alkanes) is 22. The summed E-state index contributed by atoms with van der Waals surface area (Å²) in [7, 11) is 0. The van der Waals surface area contributed by atoms with E-state index >= 15 is 0 Å². The number of nitrogens with zero attached hydrogens (tertiary/aromatic N) is 3. The molecule has 1 aliphatic heterocycles. The summed E-state index contributed by atoms with van der Waals surface area (Å²) in [5, 5.41) is 4.59. The number of halogens is 9. The third-order valence-corrected chi connectivity index (χ3v) is 13.1. The molecule has 0 aliphatic carbocycles. The van der Waals surface area contributed by atoms with Gasteiger partial charge in [0, 0.05) is 45.6 Å². The maximum absolute atomic E-state index is 14.8. The Bertz CT molecular complexity index is 1490. The molecule has 2 unspecified atom stereocenters. The lowest BCUT2D eigenvalue weighted by molar-refractivity contribution is -0.237. The van der Waals surface area contributed by atoms with Crippen molar-refractivity contribution < 1.29 is 77.8 Å².